The van der Waals surface area contributed by atoms with Crippen molar-refractivity contribution in [2.24, 2.45) is 0 Å². The number of hydrogen-bond donors (Lipinski definition) is 1. The van der Waals surface area contributed by atoms with Crippen molar-refractivity contribution in [2.75, 3.05) is 20.1 Å². The van der Waals surface area contributed by atoms with E-state index in [4.69, 9.17) is 4.74 Å². The maximum absolute atomic E-state index is 13.6. The number of rotatable bonds is 8. The van der Waals surface area contributed by atoms with Gasteiger partial charge in [0.25, 0.3) is 5.54 Å². The Bertz CT molecular complexity index is 1750. The van der Waals surface area contributed by atoms with E-state index in [9.17, 15) is 33.2 Å². The molecule has 2 aliphatic heterocycles. The number of likely N-dealkylation sites (N-methyl/N-ethyl adjacent to an activating group) is 1. The first-order valence-electron chi connectivity index (χ1n) is 15.7. The Kier molecular flexibility index (Phi) is 7.46. The summed E-state index contributed by atoms with van der Waals surface area (Å²) in [6, 6.07) is 17.8. The number of likely N-dealkylation sites (tertiary alicyclic amines) is 1. The lowest BCUT2D eigenvalue weighted by atomic mass is 9.46. The van der Waals surface area contributed by atoms with Crippen LogP contribution in [0.4, 0.5) is 13.2 Å². The number of aromatic hydroxyl groups is 1. The molecule has 0 radical (unpaired) electrons. The predicted molar refractivity (Wildman–Crippen MR) is 166 cm³/mol. The number of phenolic OH excluding ortho intramolecular Hbond substituents is 1. The fraction of sp³-hybridized carbons (Fsp3) is 0.400. The number of amides is 1. The smallest absolute Gasteiger partial charge is 0.504 e. The van der Waals surface area contributed by atoms with Crippen LogP contribution in [0.2, 0.25) is 0 Å². The predicted octanol–water partition coefficient (Wildman–Crippen LogP) is 5.51. The van der Waals surface area contributed by atoms with Crippen LogP contribution in [-0.4, -0.2) is 76.0 Å². The molecule has 1 spiro atoms. The summed E-state index contributed by atoms with van der Waals surface area (Å²) in [6.07, 6.45) is -0.821. The molecular formula is C35H34F3N3O6. The Morgan fingerprint density at radius 1 is 1.17 bits per heavy atom. The van der Waals surface area contributed by atoms with Crippen LogP contribution in [0.5, 0.6) is 17.2 Å². The van der Waals surface area contributed by atoms with Crippen LogP contribution in [0, 0.1) is 10.1 Å². The maximum Gasteiger partial charge on any atom is 0.573 e. The first-order chi connectivity index (χ1) is 22.4. The summed E-state index contributed by atoms with van der Waals surface area (Å²) in [6.45, 7) is 1.26. The van der Waals surface area contributed by atoms with E-state index in [0.717, 1.165) is 17.5 Å². The fourth-order valence-corrected chi connectivity index (χ4v) is 8.83. The number of ether oxygens (including phenoxy) is 2. The van der Waals surface area contributed by atoms with Crippen molar-refractivity contribution in [3.05, 3.63) is 105 Å². The molecule has 1 saturated heterocycles. The third-order valence-electron chi connectivity index (χ3n) is 10.8. The van der Waals surface area contributed by atoms with Gasteiger partial charge in [-0.3, -0.25) is 19.8 Å². The molecule has 12 heteroatoms. The lowest BCUT2D eigenvalue weighted by Gasteiger charge is -2.61. The van der Waals surface area contributed by atoms with Gasteiger partial charge in [-0.25, -0.2) is 0 Å². The quantitative estimate of drug-likeness (QED) is 0.195. The number of hydrogen-bond acceptors (Lipinski definition) is 7. The number of alkyl halides is 3. The number of carbonyl (C=O) groups excluding carboxylic acids is 1. The van der Waals surface area contributed by atoms with E-state index in [1.165, 1.54) is 35.3 Å². The number of halogens is 3. The molecule has 0 aromatic heterocycles. The second-order valence-electron chi connectivity index (χ2n) is 12.9. The molecule has 2 heterocycles. The van der Waals surface area contributed by atoms with Crippen LogP contribution in [0.25, 0.3) is 6.08 Å². The average Bonchev–Trinajstić information content (AvgIpc) is 3.39. The summed E-state index contributed by atoms with van der Waals surface area (Å²) in [5.74, 6) is -0.653. The lowest BCUT2D eigenvalue weighted by molar-refractivity contribution is -0.606. The van der Waals surface area contributed by atoms with E-state index in [1.807, 2.05) is 24.3 Å². The largest absolute Gasteiger partial charge is 0.573 e. The van der Waals surface area contributed by atoms with Crippen LogP contribution >= 0.6 is 0 Å². The van der Waals surface area contributed by atoms with Gasteiger partial charge in [-0.2, -0.15) is 0 Å². The molecular weight excluding hydrogens is 615 g/mol. The monoisotopic (exact) mass is 649 g/mol. The SMILES string of the molecule is CN(C(=O)C=Cc1cccc(OC(F)(F)F)c1)[C@@H]1CC[C@@]2([N+](=O)[O-])[C@H]3Cc4ccc(O)c5c4[C@@]2(CCN3CCc2ccccc2)[C@H]1O5. The van der Waals surface area contributed by atoms with Crippen molar-refractivity contribution >= 4 is 12.0 Å². The van der Waals surface area contributed by atoms with Crippen LogP contribution in [0.3, 0.4) is 0 Å². The molecule has 5 atom stereocenters. The zero-order valence-corrected chi connectivity index (χ0v) is 25.7. The van der Waals surface area contributed by atoms with Crippen LogP contribution in [0.1, 0.15) is 41.5 Å². The summed E-state index contributed by atoms with van der Waals surface area (Å²) in [5.41, 5.74) is 0.637. The first-order valence-corrected chi connectivity index (χ1v) is 15.7. The van der Waals surface area contributed by atoms with Crippen molar-refractivity contribution < 1.29 is 37.5 Å². The van der Waals surface area contributed by atoms with E-state index < -0.39 is 47.2 Å². The van der Waals surface area contributed by atoms with Gasteiger partial charge < -0.3 is 19.5 Å². The maximum atomic E-state index is 13.6. The zero-order valence-electron chi connectivity index (χ0n) is 25.7. The van der Waals surface area contributed by atoms with Gasteiger partial charge in [-0.05, 0) is 73.2 Å². The van der Waals surface area contributed by atoms with Crippen molar-refractivity contribution in [1.29, 1.82) is 0 Å². The van der Waals surface area contributed by atoms with Crippen molar-refractivity contribution in [2.45, 2.75) is 67.6 Å². The zero-order chi connectivity index (χ0) is 33.1. The number of nitrogens with zero attached hydrogens (tertiary/aromatic N) is 3. The molecule has 1 amide bonds. The number of nitro groups is 1. The summed E-state index contributed by atoms with van der Waals surface area (Å²) < 4.78 is 48.7. The minimum Gasteiger partial charge on any atom is -0.504 e. The molecule has 4 aliphatic rings. The van der Waals surface area contributed by atoms with Crippen molar-refractivity contribution in [3.8, 4) is 17.2 Å². The fourth-order valence-electron chi connectivity index (χ4n) is 8.83. The molecule has 3 aromatic rings. The Hall–Kier alpha value is -4.58. The van der Waals surface area contributed by atoms with Gasteiger partial charge in [0.2, 0.25) is 5.91 Å². The minimum absolute atomic E-state index is 0.0803. The van der Waals surface area contributed by atoms with Crippen LogP contribution in [0.15, 0.2) is 72.8 Å². The Labute approximate surface area is 269 Å². The number of carbonyl (C=O) groups is 1. The molecule has 2 bridgehead atoms. The molecule has 1 saturated carbocycles. The lowest BCUT2D eigenvalue weighted by Crippen LogP contribution is -2.80. The third kappa shape index (κ3) is 4.92. The first kappa shape index (κ1) is 31.0. The summed E-state index contributed by atoms with van der Waals surface area (Å²) in [5, 5.41) is 24.4. The van der Waals surface area contributed by atoms with Gasteiger partial charge in [0.1, 0.15) is 17.3 Å². The normalized spacial score (nSPS) is 27.6. The highest BCUT2D eigenvalue weighted by molar-refractivity contribution is 5.92. The topological polar surface area (TPSA) is 105 Å². The van der Waals surface area contributed by atoms with E-state index in [1.54, 1.807) is 19.2 Å². The third-order valence-corrected chi connectivity index (χ3v) is 10.8. The number of piperidine rings is 1. The highest BCUT2D eigenvalue weighted by Crippen LogP contribution is 2.66. The molecule has 7 rings (SSSR count). The molecule has 0 unspecified atom stereocenters. The molecule has 1 N–H and O–H groups in total. The Morgan fingerprint density at radius 2 is 1.96 bits per heavy atom. The number of phenols is 1. The van der Waals surface area contributed by atoms with E-state index in [0.29, 0.717) is 43.5 Å². The molecule has 9 nitrogen and oxygen atoms in total. The van der Waals surface area contributed by atoms with Crippen molar-refractivity contribution in [3.63, 3.8) is 0 Å². The summed E-state index contributed by atoms with van der Waals surface area (Å²) >= 11 is 0. The summed E-state index contributed by atoms with van der Waals surface area (Å²) in [7, 11) is 1.61. The molecule has 2 aliphatic carbocycles. The standard InChI is InChI=1S/C35H34F3N3O6/c1-39(29(43)13-10-23-8-5-9-25(20-23)47-35(36,37)38)26-14-16-34(41(44)45)28-21-24-11-12-27(42)31-30(24)33(34,32(26)46-31)17-19-40(28)18-15-22-6-3-2-4-7-22/h2-13,20,26,28,32,42H,14-19,21H2,1H3/t26-,28-,32+,33+,34-/m1/s1. The van der Waals surface area contributed by atoms with Gasteiger partial charge in [0, 0.05) is 36.6 Å². The van der Waals surface area contributed by atoms with Gasteiger partial charge in [0.15, 0.2) is 11.5 Å². The van der Waals surface area contributed by atoms with Gasteiger partial charge in [-0.15, -0.1) is 13.2 Å². The van der Waals surface area contributed by atoms with E-state index in [2.05, 4.69) is 21.8 Å². The van der Waals surface area contributed by atoms with Gasteiger partial charge >= 0.3 is 6.36 Å². The Balaban J connectivity index is 1.21. The van der Waals surface area contributed by atoms with Crippen LogP contribution < -0.4 is 9.47 Å². The molecule has 3 aromatic carbocycles. The van der Waals surface area contributed by atoms with Crippen molar-refractivity contribution in [1.82, 2.24) is 9.80 Å². The van der Waals surface area contributed by atoms with Crippen LogP contribution in [-0.2, 0) is 23.1 Å². The number of benzene rings is 3. The minimum atomic E-state index is -4.85. The molecule has 2 fully saturated rings. The van der Waals surface area contributed by atoms with E-state index in [-0.39, 0.29) is 22.8 Å². The second kappa shape index (κ2) is 11.3. The second-order valence-corrected chi connectivity index (χ2v) is 12.9. The molecule has 246 valence electrons. The van der Waals surface area contributed by atoms with E-state index >= 15 is 0 Å². The van der Waals surface area contributed by atoms with Gasteiger partial charge in [-0.1, -0.05) is 48.5 Å². The highest BCUT2D eigenvalue weighted by Gasteiger charge is 2.80. The Morgan fingerprint density at radius 3 is 2.70 bits per heavy atom. The highest BCUT2D eigenvalue weighted by atomic mass is 19.4. The molecule has 47 heavy (non-hydrogen) atoms. The van der Waals surface area contributed by atoms with Gasteiger partial charge in [0.05, 0.1) is 12.1 Å². The summed E-state index contributed by atoms with van der Waals surface area (Å²) in [4.78, 5) is 30.7. The average molecular weight is 650 g/mol.